The second-order valence-electron chi connectivity index (χ2n) is 4.09. The summed E-state index contributed by atoms with van der Waals surface area (Å²) in [5.74, 6) is -0.414. The van der Waals surface area contributed by atoms with Gasteiger partial charge in [-0.05, 0) is 37.4 Å². The van der Waals surface area contributed by atoms with Gasteiger partial charge in [-0.25, -0.2) is 0 Å². The molecule has 0 amide bonds. The molecule has 4 heteroatoms. The van der Waals surface area contributed by atoms with Crippen molar-refractivity contribution in [2.75, 3.05) is 13.6 Å². The fourth-order valence-electron chi connectivity index (χ4n) is 2.37. The third-order valence-electron chi connectivity index (χ3n) is 3.05. The van der Waals surface area contributed by atoms with Gasteiger partial charge in [0.15, 0.2) is 0 Å². The van der Waals surface area contributed by atoms with Gasteiger partial charge in [0.2, 0.25) is 0 Å². The molecular formula is C11H15NO2S. The molecule has 0 unspecified atom stereocenters. The number of nitrogens with zero attached hydrogens (tertiary/aromatic N) is 1. The Hall–Kier alpha value is -0.870. The van der Waals surface area contributed by atoms with Crippen molar-refractivity contribution in [3.63, 3.8) is 0 Å². The molecule has 1 saturated heterocycles. The SMILES string of the molecule is CN1CC[C@H](CC(=O)O)[C@H]1c1cccs1. The topological polar surface area (TPSA) is 40.5 Å². The van der Waals surface area contributed by atoms with Crippen molar-refractivity contribution < 1.29 is 9.90 Å². The van der Waals surface area contributed by atoms with Crippen LogP contribution in [0.3, 0.4) is 0 Å². The third kappa shape index (κ3) is 2.21. The summed E-state index contributed by atoms with van der Waals surface area (Å²) in [6, 6.07) is 4.44. The fraction of sp³-hybridized carbons (Fsp3) is 0.545. The Morgan fingerprint density at radius 1 is 1.73 bits per heavy atom. The number of likely N-dealkylation sites (tertiary alicyclic amines) is 1. The monoisotopic (exact) mass is 225 g/mol. The molecule has 1 aliphatic heterocycles. The summed E-state index contributed by atoms with van der Waals surface area (Å²) in [4.78, 5) is 14.3. The van der Waals surface area contributed by atoms with Gasteiger partial charge in [-0.1, -0.05) is 6.07 Å². The van der Waals surface area contributed by atoms with E-state index in [-0.39, 0.29) is 12.3 Å². The Kier molecular flexibility index (Phi) is 3.07. The molecule has 0 spiro atoms. The molecule has 1 aliphatic rings. The van der Waals surface area contributed by atoms with Gasteiger partial charge < -0.3 is 5.11 Å². The van der Waals surface area contributed by atoms with Gasteiger partial charge >= 0.3 is 5.97 Å². The minimum Gasteiger partial charge on any atom is -0.481 e. The lowest BCUT2D eigenvalue weighted by atomic mass is 9.95. The normalized spacial score (nSPS) is 27.0. The van der Waals surface area contributed by atoms with Crippen LogP contribution in [0.15, 0.2) is 17.5 Å². The van der Waals surface area contributed by atoms with Gasteiger partial charge in [-0.3, -0.25) is 9.69 Å². The Bertz CT molecular complexity index is 336. The highest BCUT2D eigenvalue weighted by molar-refractivity contribution is 7.10. The van der Waals surface area contributed by atoms with E-state index in [9.17, 15) is 4.79 Å². The smallest absolute Gasteiger partial charge is 0.303 e. The van der Waals surface area contributed by atoms with Crippen LogP contribution in [-0.2, 0) is 4.79 Å². The number of rotatable bonds is 3. The maximum atomic E-state index is 10.8. The lowest BCUT2D eigenvalue weighted by Crippen LogP contribution is -2.21. The van der Waals surface area contributed by atoms with E-state index in [1.54, 1.807) is 11.3 Å². The molecule has 1 aromatic rings. The maximum Gasteiger partial charge on any atom is 0.303 e. The largest absolute Gasteiger partial charge is 0.481 e. The molecule has 15 heavy (non-hydrogen) atoms. The molecule has 0 saturated carbocycles. The summed E-state index contributed by atoms with van der Waals surface area (Å²) in [5, 5.41) is 10.9. The van der Waals surface area contributed by atoms with Crippen LogP contribution in [0.25, 0.3) is 0 Å². The molecule has 2 heterocycles. The molecule has 0 aliphatic carbocycles. The summed E-state index contributed by atoms with van der Waals surface area (Å²) in [6.45, 7) is 1.00. The first kappa shape index (κ1) is 10.6. The van der Waals surface area contributed by atoms with E-state index in [4.69, 9.17) is 5.11 Å². The predicted molar refractivity (Wildman–Crippen MR) is 60.0 cm³/mol. The highest BCUT2D eigenvalue weighted by Crippen LogP contribution is 2.39. The van der Waals surface area contributed by atoms with Crippen LogP contribution in [0.5, 0.6) is 0 Å². The molecule has 0 bridgehead atoms. The quantitative estimate of drug-likeness (QED) is 0.857. The zero-order valence-electron chi connectivity index (χ0n) is 8.72. The number of carboxylic acids is 1. The maximum absolute atomic E-state index is 10.8. The Morgan fingerprint density at radius 2 is 2.53 bits per heavy atom. The number of hydrogen-bond acceptors (Lipinski definition) is 3. The van der Waals surface area contributed by atoms with Crippen LogP contribution in [-0.4, -0.2) is 29.6 Å². The zero-order chi connectivity index (χ0) is 10.8. The molecular weight excluding hydrogens is 210 g/mol. The number of carboxylic acid groups (broad SMARTS) is 1. The van der Waals surface area contributed by atoms with Crippen molar-refractivity contribution in [2.24, 2.45) is 5.92 Å². The van der Waals surface area contributed by atoms with Crippen molar-refractivity contribution in [2.45, 2.75) is 18.9 Å². The highest BCUT2D eigenvalue weighted by atomic mass is 32.1. The second-order valence-corrected chi connectivity index (χ2v) is 5.07. The molecule has 1 N–H and O–H groups in total. The van der Waals surface area contributed by atoms with Gasteiger partial charge in [0.05, 0.1) is 6.42 Å². The van der Waals surface area contributed by atoms with Gasteiger partial charge in [-0.2, -0.15) is 0 Å². The third-order valence-corrected chi connectivity index (χ3v) is 3.99. The Labute approximate surface area is 93.3 Å². The van der Waals surface area contributed by atoms with Crippen LogP contribution in [0.1, 0.15) is 23.8 Å². The minimum absolute atomic E-state index is 0.270. The van der Waals surface area contributed by atoms with E-state index >= 15 is 0 Å². The van der Waals surface area contributed by atoms with Gasteiger partial charge in [0.25, 0.3) is 0 Å². The van der Waals surface area contributed by atoms with Gasteiger partial charge in [0.1, 0.15) is 0 Å². The van der Waals surface area contributed by atoms with Crippen LogP contribution in [0.4, 0.5) is 0 Å². The van der Waals surface area contributed by atoms with E-state index in [2.05, 4.69) is 23.4 Å². The Balaban J connectivity index is 2.15. The van der Waals surface area contributed by atoms with E-state index in [0.717, 1.165) is 13.0 Å². The summed E-state index contributed by atoms with van der Waals surface area (Å²) in [6.07, 6.45) is 1.28. The van der Waals surface area contributed by atoms with Crippen LogP contribution in [0.2, 0.25) is 0 Å². The van der Waals surface area contributed by atoms with Crippen molar-refractivity contribution >= 4 is 17.3 Å². The first-order valence-electron chi connectivity index (χ1n) is 5.14. The van der Waals surface area contributed by atoms with Gasteiger partial charge in [0, 0.05) is 10.9 Å². The van der Waals surface area contributed by atoms with Gasteiger partial charge in [-0.15, -0.1) is 11.3 Å². The number of thiophene rings is 1. The molecule has 82 valence electrons. The van der Waals surface area contributed by atoms with E-state index < -0.39 is 5.97 Å². The summed E-state index contributed by atoms with van der Waals surface area (Å²) >= 11 is 1.72. The van der Waals surface area contributed by atoms with Crippen molar-refractivity contribution in [3.05, 3.63) is 22.4 Å². The van der Waals surface area contributed by atoms with Crippen molar-refractivity contribution in [1.29, 1.82) is 0 Å². The molecule has 2 atom stereocenters. The predicted octanol–water partition coefficient (Wildman–Crippen LogP) is 2.22. The second kappa shape index (κ2) is 4.33. The van der Waals surface area contributed by atoms with Crippen molar-refractivity contribution in [3.8, 4) is 0 Å². The molecule has 0 aromatic carbocycles. The van der Waals surface area contributed by atoms with Crippen molar-refractivity contribution in [1.82, 2.24) is 4.90 Å². The van der Waals surface area contributed by atoms with E-state index in [0.29, 0.717) is 6.04 Å². The average molecular weight is 225 g/mol. The van der Waals surface area contributed by atoms with E-state index in [1.165, 1.54) is 4.88 Å². The average Bonchev–Trinajstić information content (AvgIpc) is 2.74. The minimum atomic E-state index is -0.683. The summed E-state index contributed by atoms with van der Waals surface area (Å²) in [5.41, 5.74) is 0. The lowest BCUT2D eigenvalue weighted by Gasteiger charge is -2.22. The highest BCUT2D eigenvalue weighted by Gasteiger charge is 2.34. The molecule has 3 nitrogen and oxygen atoms in total. The standard InChI is InChI=1S/C11H15NO2S/c1-12-5-4-8(7-10(13)14)11(12)9-3-2-6-15-9/h2-3,6,8,11H,4-5,7H2,1H3,(H,13,14)/t8-,11+/m1/s1. The Morgan fingerprint density at radius 3 is 3.13 bits per heavy atom. The molecule has 0 radical (unpaired) electrons. The first-order chi connectivity index (χ1) is 7.18. The fourth-order valence-corrected chi connectivity index (χ4v) is 3.36. The molecule has 2 rings (SSSR count). The molecule has 1 aromatic heterocycles. The van der Waals surface area contributed by atoms with Crippen LogP contribution >= 0.6 is 11.3 Å². The molecule has 1 fully saturated rings. The number of aliphatic carboxylic acids is 1. The summed E-state index contributed by atoms with van der Waals surface area (Å²) < 4.78 is 0. The first-order valence-corrected chi connectivity index (χ1v) is 6.02. The van der Waals surface area contributed by atoms with E-state index in [1.807, 2.05) is 6.07 Å². The van der Waals surface area contributed by atoms with Crippen LogP contribution < -0.4 is 0 Å². The zero-order valence-corrected chi connectivity index (χ0v) is 9.54. The summed E-state index contributed by atoms with van der Waals surface area (Å²) in [7, 11) is 2.08. The number of carbonyl (C=O) groups is 1. The number of hydrogen-bond donors (Lipinski definition) is 1. The van der Waals surface area contributed by atoms with Crippen LogP contribution in [0, 0.1) is 5.92 Å². The lowest BCUT2D eigenvalue weighted by molar-refractivity contribution is -0.138.